The van der Waals surface area contributed by atoms with Crippen LogP contribution >= 0.6 is 0 Å². The van der Waals surface area contributed by atoms with Gasteiger partial charge in [-0.2, -0.15) is 0 Å². The number of carbonyl (C=O) groups is 1. The van der Waals surface area contributed by atoms with E-state index in [0.29, 0.717) is 0 Å². The molecule has 4 aliphatic carbocycles. The Balaban J connectivity index is 1.41. The molecule has 4 aliphatic rings. The smallest absolute Gasteiger partial charge is 0.302 e. The standard InChI is InChI=1S/C26H33NO2/c1-17(28)29-20-10-12-25(2)19(15-20)6-7-21-23-9-8-22(18-5-4-14-27-16-18)26(23,3)13-11-24(21)25/h4-6,8,14,16,20-21,23-24H,7,9-13,15H2,1-3H3/t20?,21?,23?,24?,25-,26+/m0/s1. The Morgan fingerprint density at radius 1 is 1.10 bits per heavy atom. The zero-order valence-electron chi connectivity index (χ0n) is 18.0. The van der Waals surface area contributed by atoms with Crippen LogP contribution in [0.4, 0.5) is 0 Å². The van der Waals surface area contributed by atoms with E-state index in [0.717, 1.165) is 37.0 Å². The second-order valence-corrected chi connectivity index (χ2v) is 10.3. The molecule has 29 heavy (non-hydrogen) atoms. The van der Waals surface area contributed by atoms with Crippen molar-refractivity contribution in [3.05, 3.63) is 47.8 Å². The fourth-order valence-corrected chi connectivity index (χ4v) is 7.50. The molecule has 0 N–H and O–H groups in total. The van der Waals surface area contributed by atoms with Crippen LogP contribution in [0.2, 0.25) is 0 Å². The van der Waals surface area contributed by atoms with E-state index in [9.17, 15) is 4.79 Å². The number of hydrogen-bond acceptors (Lipinski definition) is 3. The first kappa shape index (κ1) is 19.1. The molecule has 1 heterocycles. The van der Waals surface area contributed by atoms with Crippen LogP contribution < -0.4 is 0 Å². The van der Waals surface area contributed by atoms with Gasteiger partial charge in [0.15, 0.2) is 0 Å². The van der Waals surface area contributed by atoms with Crippen molar-refractivity contribution in [2.45, 2.75) is 71.8 Å². The zero-order valence-corrected chi connectivity index (χ0v) is 18.0. The van der Waals surface area contributed by atoms with Crippen molar-refractivity contribution in [1.82, 2.24) is 4.98 Å². The van der Waals surface area contributed by atoms with Crippen LogP contribution in [0.3, 0.4) is 0 Å². The minimum absolute atomic E-state index is 0.0857. The molecule has 0 spiro atoms. The van der Waals surface area contributed by atoms with Crippen LogP contribution in [-0.2, 0) is 9.53 Å². The second-order valence-electron chi connectivity index (χ2n) is 10.3. The van der Waals surface area contributed by atoms with Gasteiger partial charge in [-0.15, -0.1) is 0 Å². The maximum atomic E-state index is 11.4. The number of allylic oxidation sites excluding steroid dienone is 3. The van der Waals surface area contributed by atoms with E-state index in [2.05, 4.69) is 43.1 Å². The van der Waals surface area contributed by atoms with Gasteiger partial charge in [-0.05, 0) is 84.3 Å². The van der Waals surface area contributed by atoms with Gasteiger partial charge in [-0.1, -0.05) is 37.6 Å². The first-order chi connectivity index (χ1) is 13.9. The molecule has 0 aliphatic heterocycles. The van der Waals surface area contributed by atoms with Gasteiger partial charge in [0.05, 0.1) is 0 Å². The fourth-order valence-electron chi connectivity index (χ4n) is 7.50. The van der Waals surface area contributed by atoms with Crippen LogP contribution in [-0.4, -0.2) is 17.1 Å². The van der Waals surface area contributed by atoms with Gasteiger partial charge in [0.25, 0.3) is 0 Å². The molecule has 2 saturated carbocycles. The third kappa shape index (κ3) is 2.92. The Kier molecular flexibility index (Phi) is 4.49. The Morgan fingerprint density at radius 2 is 1.93 bits per heavy atom. The number of rotatable bonds is 2. The highest BCUT2D eigenvalue weighted by Crippen LogP contribution is 2.66. The molecule has 0 saturated heterocycles. The highest BCUT2D eigenvalue weighted by molar-refractivity contribution is 5.72. The molecule has 5 rings (SSSR count). The van der Waals surface area contributed by atoms with E-state index < -0.39 is 0 Å². The van der Waals surface area contributed by atoms with Gasteiger partial charge in [-0.25, -0.2) is 0 Å². The predicted octanol–water partition coefficient (Wildman–Crippen LogP) is 5.97. The molecule has 1 aromatic heterocycles. The fraction of sp³-hybridized carbons (Fsp3) is 0.615. The van der Waals surface area contributed by atoms with Gasteiger partial charge < -0.3 is 4.74 Å². The average Bonchev–Trinajstić information content (AvgIpc) is 3.06. The summed E-state index contributed by atoms with van der Waals surface area (Å²) in [6.45, 7) is 6.56. The van der Waals surface area contributed by atoms with E-state index in [1.807, 2.05) is 12.4 Å². The maximum Gasteiger partial charge on any atom is 0.302 e. The molecular weight excluding hydrogens is 358 g/mol. The summed E-state index contributed by atoms with van der Waals surface area (Å²) in [5, 5.41) is 0. The Labute approximate surface area is 174 Å². The molecule has 0 radical (unpaired) electrons. The SMILES string of the molecule is CC(=O)OC1CC[C@@]2(C)C(=CCC3C2CC[C@]2(C)C(c4cccnc4)=CCC32)C1. The monoisotopic (exact) mass is 391 g/mol. The lowest BCUT2D eigenvalue weighted by atomic mass is 9.47. The lowest BCUT2D eigenvalue weighted by Crippen LogP contribution is -2.50. The molecule has 6 atom stereocenters. The Bertz CT molecular complexity index is 872. The number of hydrogen-bond donors (Lipinski definition) is 0. The highest BCUT2D eigenvalue weighted by atomic mass is 16.5. The van der Waals surface area contributed by atoms with Crippen molar-refractivity contribution < 1.29 is 9.53 Å². The first-order valence-electron chi connectivity index (χ1n) is 11.4. The number of nitrogens with zero attached hydrogens (tertiary/aromatic N) is 1. The van der Waals surface area contributed by atoms with Crippen molar-refractivity contribution in [3.63, 3.8) is 0 Å². The van der Waals surface area contributed by atoms with E-state index in [-0.39, 0.29) is 22.9 Å². The largest absolute Gasteiger partial charge is 0.462 e. The minimum atomic E-state index is -0.138. The summed E-state index contributed by atoms with van der Waals surface area (Å²) in [6.07, 6.45) is 17.1. The van der Waals surface area contributed by atoms with Crippen molar-refractivity contribution >= 4 is 11.5 Å². The molecule has 4 unspecified atom stereocenters. The lowest BCUT2D eigenvalue weighted by molar-refractivity contribution is -0.148. The summed E-state index contributed by atoms with van der Waals surface area (Å²) in [7, 11) is 0. The van der Waals surface area contributed by atoms with Crippen LogP contribution in [0.5, 0.6) is 0 Å². The van der Waals surface area contributed by atoms with Crippen molar-refractivity contribution in [2.75, 3.05) is 0 Å². The molecule has 0 bridgehead atoms. The van der Waals surface area contributed by atoms with Crippen LogP contribution in [0, 0.1) is 28.6 Å². The quantitative estimate of drug-likeness (QED) is 0.460. The molecular formula is C26H33NO2. The van der Waals surface area contributed by atoms with Gasteiger partial charge in [0.2, 0.25) is 0 Å². The molecule has 3 nitrogen and oxygen atoms in total. The number of esters is 1. The van der Waals surface area contributed by atoms with E-state index in [4.69, 9.17) is 4.74 Å². The number of carbonyl (C=O) groups excluding carboxylic acids is 1. The lowest BCUT2D eigenvalue weighted by Gasteiger charge is -2.57. The van der Waals surface area contributed by atoms with Crippen LogP contribution in [0.1, 0.15) is 71.3 Å². The maximum absolute atomic E-state index is 11.4. The number of ether oxygens (including phenoxy) is 1. The summed E-state index contributed by atoms with van der Waals surface area (Å²) in [5.74, 6) is 2.12. The van der Waals surface area contributed by atoms with Crippen molar-refractivity contribution in [3.8, 4) is 0 Å². The molecule has 1 aromatic rings. The zero-order chi connectivity index (χ0) is 20.2. The third-order valence-corrected chi connectivity index (χ3v) is 8.94. The van der Waals surface area contributed by atoms with Gasteiger partial charge in [0, 0.05) is 25.7 Å². The number of fused-ring (bicyclic) bond motifs is 5. The van der Waals surface area contributed by atoms with Crippen molar-refractivity contribution in [1.29, 1.82) is 0 Å². The van der Waals surface area contributed by atoms with Crippen LogP contribution in [0.25, 0.3) is 5.57 Å². The second kappa shape index (κ2) is 6.82. The van der Waals surface area contributed by atoms with Gasteiger partial charge >= 0.3 is 5.97 Å². The number of pyridine rings is 1. The van der Waals surface area contributed by atoms with E-state index >= 15 is 0 Å². The Hall–Kier alpha value is -1.90. The first-order valence-corrected chi connectivity index (χ1v) is 11.4. The molecule has 154 valence electrons. The summed E-state index contributed by atoms with van der Waals surface area (Å²) in [6, 6.07) is 4.30. The summed E-state index contributed by atoms with van der Waals surface area (Å²) < 4.78 is 5.58. The van der Waals surface area contributed by atoms with Gasteiger partial charge in [0.1, 0.15) is 6.10 Å². The third-order valence-electron chi connectivity index (χ3n) is 8.94. The summed E-state index contributed by atoms with van der Waals surface area (Å²) in [4.78, 5) is 15.8. The summed E-state index contributed by atoms with van der Waals surface area (Å²) >= 11 is 0. The van der Waals surface area contributed by atoms with Crippen molar-refractivity contribution in [2.24, 2.45) is 28.6 Å². The molecule has 3 heteroatoms. The van der Waals surface area contributed by atoms with Crippen LogP contribution in [0.15, 0.2) is 42.3 Å². The normalized spacial score (nSPS) is 40.8. The predicted molar refractivity (Wildman–Crippen MR) is 115 cm³/mol. The minimum Gasteiger partial charge on any atom is -0.462 e. The van der Waals surface area contributed by atoms with Gasteiger partial charge in [-0.3, -0.25) is 9.78 Å². The average molecular weight is 392 g/mol. The van der Waals surface area contributed by atoms with E-state index in [1.54, 1.807) is 5.57 Å². The highest BCUT2D eigenvalue weighted by Gasteiger charge is 2.56. The van der Waals surface area contributed by atoms with E-state index in [1.165, 1.54) is 43.7 Å². The molecule has 0 aromatic carbocycles. The molecule has 2 fully saturated rings. The summed E-state index contributed by atoms with van der Waals surface area (Å²) in [5.41, 5.74) is 4.99. The molecule has 0 amide bonds. The Morgan fingerprint density at radius 3 is 2.69 bits per heavy atom. The number of aromatic nitrogens is 1. The topological polar surface area (TPSA) is 39.2 Å².